The summed E-state index contributed by atoms with van der Waals surface area (Å²) in [6.07, 6.45) is 2.06. The summed E-state index contributed by atoms with van der Waals surface area (Å²) in [6.45, 7) is 1.19. The molecule has 0 radical (unpaired) electrons. The van der Waals surface area contributed by atoms with Crippen molar-refractivity contribution in [1.82, 2.24) is 4.98 Å². The molecule has 0 amide bonds. The Morgan fingerprint density at radius 2 is 1.93 bits per heavy atom. The number of aryl methyl sites for hydroxylation is 1. The van der Waals surface area contributed by atoms with Gasteiger partial charge in [0.05, 0.1) is 13.7 Å². The molecule has 1 aromatic heterocycles. The van der Waals surface area contributed by atoms with Crippen molar-refractivity contribution < 1.29 is 18.7 Å². The zero-order chi connectivity index (χ0) is 19.1. The van der Waals surface area contributed by atoms with E-state index in [-0.39, 0.29) is 5.97 Å². The van der Waals surface area contributed by atoms with Crippen molar-refractivity contribution in [2.45, 2.75) is 19.3 Å². The van der Waals surface area contributed by atoms with Crippen LogP contribution in [0.15, 0.2) is 52.9 Å². The Morgan fingerprint density at radius 3 is 2.67 bits per heavy atom. The molecule has 0 fully saturated rings. The molecule has 3 rings (SSSR count). The molecule has 0 saturated carbocycles. The highest BCUT2D eigenvalue weighted by Gasteiger charge is 2.10. The topological polar surface area (TPSA) is 64.8 Å². The summed E-state index contributed by atoms with van der Waals surface area (Å²) in [5.74, 6) is 0.649. The van der Waals surface area contributed by atoms with Crippen LogP contribution in [-0.2, 0) is 16.0 Å². The Hall–Kier alpha value is -3.02. The van der Waals surface area contributed by atoms with Crippen LogP contribution in [-0.4, -0.2) is 38.3 Å². The average Bonchev–Trinajstić information content (AvgIpc) is 3.13. The molecule has 27 heavy (non-hydrogen) atoms. The van der Waals surface area contributed by atoms with Gasteiger partial charge >= 0.3 is 5.97 Å². The van der Waals surface area contributed by atoms with E-state index in [0.29, 0.717) is 25.6 Å². The number of likely N-dealkylation sites (N-methyl/N-ethyl adjacent to an activating group) is 1. The molecule has 0 unspecified atom stereocenters. The number of oxazole rings is 1. The first kappa shape index (κ1) is 18.8. The van der Waals surface area contributed by atoms with Gasteiger partial charge in [-0.15, -0.1) is 0 Å². The van der Waals surface area contributed by atoms with Crippen LogP contribution in [0.4, 0.5) is 6.01 Å². The second-order valence-electron chi connectivity index (χ2n) is 6.31. The number of aromatic nitrogens is 1. The van der Waals surface area contributed by atoms with Crippen molar-refractivity contribution in [1.29, 1.82) is 0 Å². The molecular weight excluding hydrogens is 344 g/mol. The first-order valence-electron chi connectivity index (χ1n) is 9.01. The van der Waals surface area contributed by atoms with Gasteiger partial charge in [0.2, 0.25) is 0 Å². The number of benzene rings is 2. The van der Waals surface area contributed by atoms with Gasteiger partial charge in [-0.3, -0.25) is 4.79 Å². The van der Waals surface area contributed by atoms with E-state index in [4.69, 9.17) is 9.15 Å². The van der Waals surface area contributed by atoms with Crippen LogP contribution < -0.4 is 9.64 Å². The summed E-state index contributed by atoms with van der Waals surface area (Å²) in [5, 5.41) is 0. The average molecular weight is 368 g/mol. The summed E-state index contributed by atoms with van der Waals surface area (Å²) in [4.78, 5) is 17.5. The van der Waals surface area contributed by atoms with E-state index in [2.05, 4.69) is 9.72 Å². The molecule has 0 spiro atoms. The van der Waals surface area contributed by atoms with E-state index in [1.165, 1.54) is 12.7 Å². The Bertz CT molecular complexity index is 840. The third-order valence-electron chi connectivity index (χ3n) is 4.30. The highest BCUT2D eigenvalue weighted by Crippen LogP contribution is 2.20. The standard InChI is InChI=1S/C21H24N2O4/c1-23(21-22-18-7-3-4-8-19(18)27-21)14-15-26-17-12-10-16(11-13-17)6-5-9-20(24)25-2/h3-4,7-8,10-13H,5-6,9,14-15H2,1-2H3. The van der Waals surface area contributed by atoms with Crippen molar-refractivity contribution in [3.8, 4) is 5.75 Å². The molecule has 1 heterocycles. The number of para-hydroxylation sites is 2. The molecule has 142 valence electrons. The van der Waals surface area contributed by atoms with E-state index in [1.807, 2.05) is 60.5 Å². The van der Waals surface area contributed by atoms with E-state index in [1.54, 1.807) is 0 Å². The van der Waals surface area contributed by atoms with Crippen LogP contribution in [0.5, 0.6) is 5.75 Å². The minimum atomic E-state index is -0.169. The van der Waals surface area contributed by atoms with Gasteiger partial charge < -0.3 is 18.8 Å². The zero-order valence-corrected chi connectivity index (χ0v) is 15.7. The second-order valence-corrected chi connectivity index (χ2v) is 6.31. The number of esters is 1. The lowest BCUT2D eigenvalue weighted by atomic mass is 10.1. The molecule has 2 aromatic carbocycles. The van der Waals surface area contributed by atoms with Crippen LogP contribution in [0.3, 0.4) is 0 Å². The molecule has 6 nitrogen and oxygen atoms in total. The minimum Gasteiger partial charge on any atom is -0.492 e. The third kappa shape index (κ3) is 5.23. The van der Waals surface area contributed by atoms with Gasteiger partial charge in [-0.05, 0) is 42.7 Å². The maximum atomic E-state index is 11.1. The van der Waals surface area contributed by atoms with Crippen molar-refractivity contribution >= 4 is 23.1 Å². The number of ether oxygens (including phenoxy) is 2. The molecule has 0 aliphatic heterocycles. The fourth-order valence-corrected chi connectivity index (χ4v) is 2.71. The number of anilines is 1. The first-order valence-corrected chi connectivity index (χ1v) is 9.01. The monoisotopic (exact) mass is 368 g/mol. The van der Waals surface area contributed by atoms with Crippen LogP contribution in [0, 0.1) is 0 Å². The molecular formula is C21H24N2O4. The lowest BCUT2D eigenvalue weighted by Gasteiger charge is -2.15. The molecule has 0 N–H and O–H groups in total. The van der Waals surface area contributed by atoms with Crippen LogP contribution in [0.1, 0.15) is 18.4 Å². The number of nitrogens with zero attached hydrogens (tertiary/aromatic N) is 2. The number of hydrogen-bond donors (Lipinski definition) is 0. The Labute approximate surface area is 158 Å². The van der Waals surface area contributed by atoms with Crippen molar-refractivity contribution in [3.63, 3.8) is 0 Å². The molecule has 0 atom stereocenters. The van der Waals surface area contributed by atoms with Gasteiger partial charge in [0.15, 0.2) is 5.58 Å². The number of carbonyl (C=O) groups is 1. The molecule has 6 heteroatoms. The van der Waals surface area contributed by atoms with Gasteiger partial charge in [0, 0.05) is 13.5 Å². The Morgan fingerprint density at radius 1 is 1.15 bits per heavy atom. The van der Waals surface area contributed by atoms with E-state index >= 15 is 0 Å². The second kappa shape index (κ2) is 9.07. The quantitative estimate of drug-likeness (QED) is 0.535. The number of hydrogen-bond acceptors (Lipinski definition) is 6. The fourth-order valence-electron chi connectivity index (χ4n) is 2.71. The predicted molar refractivity (Wildman–Crippen MR) is 104 cm³/mol. The zero-order valence-electron chi connectivity index (χ0n) is 15.7. The summed E-state index contributed by atoms with van der Waals surface area (Å²) in [7, 11) is 3.34. The normalized spacial score (nSPS) is 10.7. The lowest BCUT2D eigenvalue weighted by molar-refractivity contribution is -0.140. The summed E-state index contributed by atoms with van der Waals surface area (Å²) in [5.41, 5.74) is 2.81. The number of fused-ring (bicyclic) bond motifs is 1. The highest BCUT2D eigenvalue weighted by molar-refractivity contribution is 5.74. The Kier molecular flexibility index (Phi) is 6.30. The van der Waals surface area contributed by atoms with Crippen LogP contribution in [0.25, 0.3) is 11.1 Å². The third-order valence-corrected chi connectivity index (χ3v) is 4.30. The first-order chi connectivity index (χ1) is 13.2. The Balaban J connectivity index is 1.43. The van der Waals surface area contributed by atoms with Crippen molar-refractivity contribution in [2.24, 2.45) is 0 Å². The minimum absolute atomic E-state index is 0.169. The largest absolute Gasteiger partial charge is 0.492 e. The molecule has 3 aromatic rings. The van der Waals surface area contributed by atoms with Crippen molar-refractivity contribution in [2.75, 3.05) is 32.2 Å². The maximum Gasteiger partial charge on any atom is 0.305 e. The number of carbonyl (C=O) groups excluding carboxylic acids is 1. The highest BCUT2D eigenvalue weighted by atomic mass is 16.5. The lowest BCUT2D eigenvalue weighted by Crippen LogP contribution is -2.23. The molecule has 0 saturated heterocycles. The molecule has 0 aliphatic carbocycles. The summed E-state index contributed by atoms with van der Waals surface area (Å²) < 4.78 is 16.2. The number of rotatable bonds is 9. The van der Waals surface area contributed by atoms with Gasteiger partial charge in [0.25, 0.3) is 6.01 Å². The fraction of sp³-hybridized carbons (Fsp3) is 0.333. The van der Waals surface area contributed by atoms with Crippen LogP contribution in [0.2, 0.25) is 0 Å². The van der Waals surface area contributed by atoms with Gasteiger partial charge in [0.1, 0.15) is 17.9 Å². The summed E-state index contributed by atoms with van der Waals surface area (Å²) in [6, 6.07) is 16.2. The van der Waals surface area contributed by atoms with Crippen LogP contribution >= 0.6 is 0 Å². The van der Waals surface area contributed by atoms with Gasteiger partial charge in [-0.1, -0.05) is 24.3 Å². The summed E-state index contributed by atoms with van der Waals surface area (Å²) >= 11 is 0. The predicted octanol–water partition coefficient (Wildman–Crippen LogP) is 3.84. The van der Waals surface area contributed by atoms with E-state index in [0.717, 1.165) is 29.7 Å². The SMILES string of the molecule is COC(=O)CCCc1ccc(OCCN(C)c2nc3ccccc3o2)cc1. The van der Waals surface area contributed by atoms with Crippen molar-refractivity contribution in [3.05, 3.63) is 54.1 Å². The molecule has 0 aliphatic rings. The van der Waals surface area contributed by atoms with Gasteiger partial charge in [-0.25, -0.2) is 0 Å². The van der Waals surface area contributed by atoms with E-state index < -0.39 is 0 Å². The molecule has 0 bridgehead atoms. The maximum absolute atomic E-state index is 11.1. The van der Waals surface area contributed by atoms with Gasteiger partial charge in [-0.2, -0.15) is 4.98 Å². The smallest absolute Gasteiger partial charge is 0.305 e. The van der Waals surface area contributed by atoms with E-state index in [9.17, 15) is 4.79 Å². The number of methoxy groups -OCH3 is 1.